The molecule has 3 aromatic rings. The van der Waals surface area contributed by atoms with Crippen LogP contribution in [-0.4, -0.2) is 66.0 Å². The van der Waals surface area contributed by atoms with Crippen LogP contribution in [0.4, 0.5) is 23.3 Å². The number of aromatic hydroxyl groups is 1. The SMILES string of the molecule is Oc1cccc(-c2nc(N3CCOCC3)nc3c2CCN3c2ccnc(N3CC=CC3)c2)c1. The highest BCUT2D eigenvalue weighted by Gasteiger charge is 2.29. The van der Waals surface area contributed by atoms with Gasteiger partial charge < -0.3 is 24.5 Å². The van der Waals surface area contributed by atoms with E-state index in [1.807, 2.05) is 24.4 Å². The quantitative estimate of drug-likeness (QED) is 0.618. The molecule has 0 unspecified atom stereocenters. The number of hydrogen-bond donors (Lipinski definition) is 1. The highest BCUT2D eigenvalue weighted by molar-refractivity contribution is 5.78. The van der Waals surface area contributed by atoms with Gasteiger partial charge in [0.05, 0.1) is 18.9 Å². The first-order chi connectivity index (χ1) is 16.3. The molecule has 0 atom stereocenters. The van der Waals surface area contributed by atoms with Gasteiger partial charge in [-0.25, -0.2) is 9.97 Å². The highest BCUT2D eigenvalue weighted by atomic mass is 16.5. The second-order valence-electron chi connectivity index (χ2n) is 8.47. The van der Waals surface area contributed by atoms with E-state index in [0.717, 1.165) is 73.3 Å². The third kappa shape index (κ3) is 3.76. The van der Waals surface area contributed by atoms with Crippen molar-refractivity contribution >= 4 is 23.3 Å². The van der Waals surface area contributed by atoms with Crippen molar-refractivity contribution in [2.75, 3.05) is 60.6 Å². The zero-order valence-electron chi connectivity index (χ0n) is 18.4. The zero-order chi connectivity index (χ0) is 22.2. The van der Waals surface area contributed by atoms with E-state index in [0.29, 0.717) is 19.2 Å². The summed E-state index contributed by atoms with van der Waals surface area (Å²) in [5.41, 5.74) is 3.99. The fourth-order valence-corrected chi connectivity index (χ4v) is 4.71. The zero-order valence-corrected chi connectivity index (χ0v) is 18.4. The number of aromatic nitrogens is 3. The fourth-order valence-electron chi connectivity index (χ4n) is 4.71. The summed E-state index contributed by atoms with van der Waals surface area (Å²) in [7, 11) is 0. The van der Waals surface area contributed by atoms with E-state index in [2.05, 4.69) is 37.9 Å². The van der Waals surface area contributed by atoms with Crippen molar-refractivity contribution in [1.29, 1.82) is 0 Å². The summed E-state index contributed by atoms with van der Waals surface area (Å²) in [6.07, 6.45) is 7.06. The number of fused-ring (bicyclic) bond motifs is 1. The highest BCUT2D eigenvalue weighted by Crippen LogP contribution is 2.40. The second-order valence-corrected chi connectivity index (χ2v) is 8.47. The van der Waals surface area contributed by atoms with Crippen molar-refractivity contribution in [2.24, 2.45) is 0 Å². The van der Waals surface area contributed by atoms with Crippen molar-refractivity contribution in [1.82, 2.24) is 15.0 Å². The molecule has 0 radical (unpaired) electrons. The average molecular weight is 443 g/mol. The lowest BCUT2D eigenvalue weighted by atomic mass is 10.1. The van der Waals surface area contributed by atoms with Gasteiger partial charge in [0.1, 0.15) is 17.4 Å². The Morgan fingerprint density at radius 2 is 1.76 bits per heavy atom. The van der Waals surface area contributed by atoms with Crippen molar-refractivity contribution in [3.05, 3.63) is 60.3 Å². The van der Waals surface area contributed by atoms with Crippen LogP contribution in [0.25, 0.3) is 11.3 Å². The standard InChI is InChI=1S/C25H26N6O2/c32-20-5-3-4-18(16-20)23-21-7-11-31(19-6-8-26-22(17-19)29-9-1-2-10-29)24(21)28-25(27-23)30-12-14-33-15-13-30/h1-6,8,16-17,32H,7,9-15H2. The van der Waals surface area contributed by atoms with Crippen molar-refractivity contribution < 1.29 is 9.84 Å². The lowest BCUT2D eigenvalue weighted by Crippen LogP contribution is -2.37. The molecule has 33 heavy (non-hydrogen) atoms. The van der Waals surface area contributed by atoms with E-state index in [1.54, 1.807) is 12.1 Å². The number of phenolic OH excluding ortho intramolecular Hbond substituents is 1. The van der Waals surface area contributed by atoms with Gasteiger partial charge in [0.2, 0.25) is 5.95 Å². The Morgan fingerprint density at radius 3 is 2.58 bits per heavy atom. The Bertz CT molecular complexity index is 1200. The van der Waals surface area contributed by atoms with Gasteiger partial charge >= 0.3 is 0 Å². The Morgan fingerprint density at radius 1 is 0.909 bits per heavy atom. The van der Waals surface area contributed by atoms with Crippen LogP contribution in [0.2, 0.25) is 0 Å². The number of pyridine rings is 1. The Hall–Kier alpha value is -3.65. The number of anilines is 4. The minimum Gasteiger partial charge on any atom is -0.508 e. The minimum absolute atomic E-state index is 0.237. The summed E-state index contributed by atoms with van der Waals surface area (Å²) >= 11 is 0. The van der Waals surface area contributed by atoms with Crippen LogP contribution in [-0.2, 0) is 11.2 Å². The van der Waals surface area contributed by atoms with E-state index in [4.69, 9.17) is 14.7 Å². The van der Waals surface area contributed by atoms with Crippen molar-refractivity contribution in [3.63, 3.8) is 0 Å². The molecule has 168 valence electrons. The molecule has 0 saturated carbocycles. The van der Waals surface area contributed by atoms with Crippen LogP contribution in [0.5, 0.6) is 5.75 Å². The molecular weight excluding hydrogens is 416 g/mol. The van der Waals surface area contributed by atoms with E-state index in [-0.39, 0.29) is 5.75 Å². The number of rotatable bonds is 4. The van der Waals surface area contributed by atoms with Gasteiger partial charge in [0.15, 0.2) is 0 Å². The lowest BCUT2D eigenvalue weighted by molar-refractivity contribution is 0.122. The van der Waals surface area contributed by atoms with Crippen LogP contribution in [0.15, 0.2) is 54.7 Å². The maximum absolute atomic E-state index is 10.1. The maximum Gasteiger partial charge on any atom is 0.228 e. The first-order valence-corrected chi connectivity index (χ1v) is 11.4. The molecule has 1 aromatic carbocycles. The van der Waals surface area contributed by atoms with Gasteiger partial charge in [0, 0.05) is 61.8 Å². The maximum atomic E-state index is 10.1. The van der Waals surface area contributed by atoms with E-state index < -0.39 is 0 Å². The summed E-state index contributed by atoms with van der Waals surface area (Å²) in [5.74, 6) is 2.85. The summed E-state index contributed by atoms with van der Waals surface area (Å²) < 4.78 is 5.54. The Kier molecular flexibility index (Phi) is 5.07. The molecule has 8 heteroatoms. The minimum atomic E-state index is 0.237. The molecule has 1 N–H and O–H groups in total. The molecule has 3 aliphatic heterocycles. The molecule has 8 nitrogen and oxygen atoms in total. The predicted octanol–water partition coefficient (Wildman–Crippen LogP) is 3.15. The first kappa shape index (κ1) is 20.0. The Balaban J connectivity index is 1.44. The molecule has 0 aliphatic carbocycles. The number of hydrogen-bond acceptors (Lipinski definition) is 8. The molecule has 0 spiro atoms. The molecular formula is C25H26N6O2. The van der Waals surface area contributed by atoms with E-state index in [9.17, 15) is 5.11 Å². The van der Waals surface area contributed by atoms with Crippen molar-refractivity contribution in [3.8, 4) is 17.0 Å². The summed E-state index contributed by atoms with van der Waals surface area (Å²) in [5, 5.41) is 10.1. The number of morpholine rings is 1. The largest absolute Gasteiger partial charge is 0.508 e. The van der Waals surface area contributed by atoms with Gasteiger partial charge in [-0.05, 0) is 24.6 Å². The number of ether oxygens (including phenoxy) is 1. The normalized spacial score (nSPS) is 17.6. The van der Waals surface area contributed by atoms with E-state index >= 15 is 0 Å². The van der Waals surface area contributed by atoms with Gasteiger partial charge in [-0.2, -0.15) is 4.98 Å². The van der Waals surface area contributed by atoms with Gasteiger partial charge in [-0.3, -0.25) is 0 Å². The molecule has 0 amide bonds. The van der Waals surface area contributed by atoms with Crippen LogP contribution in [0.3, 0.4) is 0 Å². The molecule has 2 aromatic heterocycles. The van der Waals surface area contributed by atoms with Crippen LogP contribution in [0, 0.1) is 0 Å². The van der Waals surface area contributed by atoms with E-state index in [1.165, 1.54) is 0 Å². The van der Waals surface area contributed by atoms with Gasteiger partial charge in [-0.1, -0.05) is 24.3 Å². The molecule has 1 saturated heterocycles. The average Bonchev–Trinajstić information content (AvgIpc) is 3.55. The van der Waals surface area contributed by atoms with Crippen LogP contribution in [0.1, 0.15) is 5.56 Å². The molecule has 5 heterocycles. The molecule has 0 bridgehead atoms. The van der Waals surface area contributed by atoms with Crippen LogP contribution >= 0.6 is 0 Å². The van der Waals surface area contributed by atoms with Gasteiger partial charge in [0.25, 0.3) is 0 Å². The third-order valence-electron chi connectivity index (χ3n) is 6.41. The van der Waals surface area contributed by atoms with Gasteiger partial charge in [-0.15, -0.1) is 0 Å². The Labute approximate surface area is 192 Å². The smallest absolute Gasteiger partial charge is 0.228 e. The summed E-state index contributed by atoms with van der Waals surface area (Å²) in [6.45, 7) is 5.46. The number of nitrogens with zero attached hydrogens (tertiary/aromatic N) is 6. The van der Waals surface area contributed by atoms with Crippen molar-refractivity contribution in [2.45, 2.75) is 6.42 Å². The lowest BCUT2D eigenvalue weighted by Gasteiger charge is -2.28. The second kappa shape index (κ2) is 8.37. The monoisotopic (exact) mass is 442 g/mol. The third-order valence-corrected chi connectivity index (χ3v) is 6.41. The van der Waals surface area contributed by atoms with Crippen LogP contribution < -0.4 is 14.7 Å². The summed E-state index contributed by atoms with van der Waals surface area (Å²) in [6, 6.07) is 11.5. The molecule has 6 rings (SSSR count). The molecule has 3 aliphatic rings. The number of phenols is 1. The predicted molar refractivity (Wildman–Crippen MR) is 128 cm³/mol. The summed E-state index contributed by atoms with van der Waals surface area (Å²) in [4.78, 5) is 21.3. The number of benzene rings is 1. The first-order valence-electron chi connectivity index (χ1n) is 11.4. The fraction of sp³-hybridized carbons (Fsp3) is 0.320. The topological polar surface area (TPSA) is 77.9 Å². The molecule has 1 fully saturated rings.